The van der Waals surface area contributed by atoms with E-state index in [1.165, 1.54) is 63.0 Å². The van der Waals surface area contributed by atoms with Gasteiger partial charge in [0.05, 0.1) is 0 Å². The Labute approximate surface area is 152 Å². The van der Waals surface area contributed by atoms with Crippen molar-refractivity contribution in [1.82, 2.24) is 9.80 Å². The lowest BCUT2D eigenvalue weighted by atomic mass is 9.92. The van der Waals surface area contributed by atoms with Crippen LogP contribution >= 0.6 is 0 Å². The molecule has 2 aromatic carbocycles. The van der Waals surface area contributed by atoms with E-state index in [4.69, 9.17) is 0 Å². The summed E-state index contributed by atoms with van der Waals surface area (Å²) < 4.78 is 0. The average Bonchev–Trinajstić information content (AvgIpc) is 3.07. The summed E-state index contributed by atoms with van der Waals surface area (Å²) in [5.41, 5.74) is 2.94. The molecule has 0 aromatic heterocycles. The molecule has 2 heteroatoms. The van der Waals surface area contributed by atoms with Gasteiger partial charge in [-0.15, -0.1) is 0 Å². The summed E-state index contributed by atoms with van der Waals surface area (Å²) in [6.45, 7) is 6.22. The Hall–Kier alpha value is -1.64. The number of fused-ring (bicyclic) bond motifs is 1. The second-order valence-corrected chi connectivity index (χ2v) is 7.77. The highest BCUT2D eigenvalue weighted by atomic mass is 15.3. The topological polar surface area (TPSA) is 6.48 Å². The Balaban J connectivity index is 1.30. The molecule has 4 rings (SSSR count). The van der Waals surface area contributed by atoms with E-state index in [0.717, 1.165) is 18.5 Å². The van der Waals surface area contributed by atoms with Crippen molar-refractivity contribution in [3.05, 3.63) is 71.8 Å². The van der Waals surface area contributed by atoms with Crippen molar-refractivity contribution < 1.29 is 0 Å². The van der Waals surface area contributed by atoms with Crippen LogP contribution in [0.2, 0.25) is 0 Å². The highest BCUT2D eigenvalue weighted by Gasteiger charge is 2.38. The Morgan fingerprint density at radius 3 is 2.32 bits per heavy atom. The standard InChI is InChI=1S/C23H30N2/c1-3-9-20(10-4-1)13-7-15-25-16-8-14-22-18-24(19-23(22)25)17-21-11-5-2-6-12-21/h1-6,9-12,22-23H,7-8,13-19H2. The molecule has 2 aliphatic rings. The number of hydrogen-bond donors (Lipinski definition) is 0. The lowest BCUT2D eigenvalue weighted by Crippen LogP contribution is -2.45. The molecular weight excluding hydrogens is 304 g/mol. The van der Waals surface area contributed by atoms with Gasteiger partial charge in [0.1, 0.15) is 0 Å². The minimum Gasteiger partial charge on any atom is -0.299 e. The second kappa shape index (κ2) is 8.16. The molecule has 2 heterocycles. The smallest absolute Gasteiger partial charge is 0.0263 e. The third kappa shape index (κ3) is 4.31. The molecule has 0 spiro atoms. The van der Waals surface area contributed by atoms with E-state index in [9.17, 15) is 0 Å². The van der Waals surface area contributed by atoms with Crippen LogP contribution in [0.15, 0.2) is 60.7 Å². The third-order valence-electron chi connectivity index (χ3n) is 5.97. The van der Waals surface area contributed by atoms with E-state index in [0.29, 0.717) is 0 Å². The zero-order valence-electron chi connectivity index (χ0n) is 15.2. The summed E-state index contributed by atoms with van der Waals surface area (Å²) in [6, 6.07) is 22.7. The van der Waals surface area contributed by atoms with Gasteiger partial charge in [-0.25, -0.2) is 0 Å². The van der Waals surface area contributed by atoms with E-state index in [1.54, 1.807) is 0 Å². The first-order valence-corrected chi connectivity index (χ1v) is 9.93. The predicted octanol–water partition coefficient (Wildman–Crippen LogP) is 4.22. The molecule has 2 aliphatic heterocycles. The van der Waals surface area contributed by atoms with Gasteiger partial charge < -0.3 is 0 Å². The van der Waals surface area contributed by atoms with Crippen LogP contribution in [0.5, 0.6) is 0 Å². The zero-order valence-corrected chi connectivity index (χ0v) is 15.2. The van der Waals surface area contributed by atoms with Crippen LogP contribution in [0.4, 0.5) is 0 Å². The maximum absolute atomic E-state index is 2.79. The van der Waals surface area contributed by atoms with Crippen LogP contribution in [-0.4, -0.2) is 42.0 Å². The van der Waals surface area contributed by atoms with Crippen molar-refractivity contribution in [2.24, 2.45) is 5.92 Å². The molecule has 0 N–H and O–H groups in total. The lowest BCUT2D eigenvalue weighted by Gasteiger charge is -2.37. The first-order valence-electron chi connectivity index (χ1n) is 9.93. The van der Waals surface area contributed by atoms with Crippen molar-refractivity contribution in [1.29, 1.82) is 0 Å². The van der Waals surface area contributed by atoms with Gasteiger partial charge in [0.25, 0.3) is 0 Å². The monoisotopic (exact) mass is 334 g/mol. The third-order valence-corrected chi connectivity index (χ3v) is 5.97. The summed E-state index contributed by atoms with van der Waals surface area (Å²) in [5.74, 6) is 0.884. The van der Waals surface area contributed by atoms with Gasteiger partial charge in [0, 0.05) is 25.7 Å². The summed E-state index contributed by atoms with van der Waals surface area (Å²) in [5, 5.41) is 0. The van der Waals surface area contributed by atoms with Crippen LogP contribution in [0.25, 0.3) is 0 Å². The van der Waals surface area contributed by atoms with Crippen LogP contribution in [-0.2, 0) is 13.0 Å². The Bertz CT molecular complexity index is 640. The molecule has 25 heavy (non-hydrogen) atoms. The number of benzene rings is 2. The first kappa shape index (κ1) is 16.8. The van der Waals surface area contributed by atoms with Crippen molar-refractivity contribution in [2.75, 3.05) is 26.2 Å². The van der Waals surface area contributed by atoms with Crippen molar-refractivity contribution in [3.63, 3.8) is 0 Å². The van der Waals surface area contributed by atoms with E-state index >= 15 is 0 Å². The number of piperidine rings is 1. The van der Waals surface area contributed by atoms with E-state index in [2.05, 4.69) is 70.5 Å². The van der Waals surface area contributed by atoms with Crippen molar-refractivity contribution in [2.45, 2.75) is 38.3 Å². The minimum atomic E-state index is 0.785. The van der Waals surface area contributed by atoms with Gasteiger partial charge in [-0.3, -0.25) is 9.80 Å². The maximum atomic E-state index is 2.79. The van der Waals surface area contributed by atoms with Crippen LogP contribution in [0.3, 0.4) is 0 Å². The fourth-order valence-corrected chi connectivity index (χ4v) is 4.74. The zero-order chi connectivity index (χ0) is 16.9. The first-order chi connectivity index (χ1) is 12.4. The largest absolute Gasteiger partial charge is 0.299 e. The van der Waals surface area contributed by atoms with Crippen LogP contribution in [0.1, 0.15) is 30.4 Å². The van der Waals surface area contributed by atoms with Gasteiger partial charge in [-0.1, -0.05) is 60.7 Å². The normalized spacial score (nSPS) is 24.3. The van der Waals surface area contributed by atoms with Gasteiger partial charge in [-0.2, -0.15) is 0 Å². The molecule has 2 saturated heterocycles. The fourth-order valence-electron chi connectivity index (χ4n) is 4.74. The number of nitrogens with zero attached hydrogens (tertiary/aromatic N) is 2. The molecule has 2 nitrogen and oxygen atoms in total. The second-order valence-electron chi connectivity index (χ2n) is 7.77. The molecule has 0 saturated carbocycles. The maximum Gasteiger partial charge on any atom is 0.0263 e. The van der Waals surface area contributed by atoms with E-state index < -0.39 is 0 Å². The van der Waals surface area contributed by atoms with Crippen molar-refractivity contribution in [3.8, 4) is 0 Å². The minimum absolute atomic E-state index is 0.785. The van der Waals surface area contributed by atoms with Gasteiger partial charge in [-0.05, 0) is 55.8 Å². The molecule has 2 unspecified atom stereocenters. The number of aryl methyl sites for hydroxylation is 1. The fraction of sp³-hybridized carbons (Fsp3) is 0.478. The molecule has 2 aromatic rings. The van der Waals surface area contributed by atoms with Crippen LogP contribution < -0.4 is 0 Å². The highest BCUT2D eigenvalue weighted by molar-refractivity contribution is 5.15. The van der Waals surface area contributed by atoms with E-state index in [1.807, 2.05) is 0 Å². The molecule has 2 fully saturated rings. The van der Waals surface area contributed by atoms with Gasteiger partial charge in [0.2, 0.25) is 0 Å². The SMILES string of the molecule is c1ccc(CCCN2CCCC3CN(Cc4ccccc4)CC32)cc1. The Kier molecular flexibility index (Phi) is 5.49. The number of likely N-dealkylation sites (tertiary alicyclic amines) is 2. The Morgan fingerprint density at radius 2 is 1.56 bits per heavy atom. The van der Waals surface area contributed by atoms with E-state index in [-0.39, 0.29) is 0 Å². The van der Waals surface area contributed by atoms with Crippen molar-refractivity contribution >= 4 is 0 Å². The molecular formula is C23H30N2. The van der Waals surface area contributed by atoms with Gasteiger partial charge in [0.15, 0.2) is 0 Å². The summed E-state index contributed by atoms with van der Waals surface area (Å²) in [4.78, 5) is 5.47. The lowest BCUT2D eigenvalue weighted by molar-refractivity contribution is 0.122. The number of hydrogen-bond acceptors (Lipinski definition) is 2. The summed E-state index contributed by atoms with van der Waals surface area (Å²) >= 11 is 0. The predicted molar refractivity (Wildman–Crippen MR) is 105 cm³/mol. The Morgan fingerprint density at radius 1 is 0.840 bits per heavy atom. The quantitative estimate of drug-likeness (QED) is 0.780. The molecule has 2 atom stereocenters. The average molecular weight is 335 g/mol. The molecule has 0 amide bonds. The number of rotatable bonds is 6. The highest BCUT2D eigenvalue weighted by Crippen LogP contribution is 2.31. The molecule has 132 valence electrons. The van der Waals surface area contributed by atoms with Gasteiger partial charge >= 0.3 is 0 Å². The molecule has 0 radical (unpaired) electrons. The summed E-state index contributed by atoms with van der Waals surface area (Å²) in [6.07, 6.45) is 5.30. The van der Waals surface area contributed by atoms with Crippen LogP contribution in [0, 0.1) is 5.92 Å². The molecule has 0 aliphatic carbocycles. The molecule has 0 bridgehead atoms. The summed E-state index contributed by atoms with van der Waals surface area (Å²) in [7, 11) is 0.